The van der Waals surface area contributed by atoms with Gasteiger partial charge in [-0.15, -0.1) is 11.8 Å². The van der Waals surface area contributed by atoms with Crippen molar-refractivity contribution in [2.75, 3.05) is 12.4 Å². The number of primary amides is 1. The topological polar surface area (TPSA) is 247 Å². The van der Waals surface area contributed by atoms with Crippen LogP contribution in [-0.2, 0) is 47.7 Å². The number of alkyl carbamates (subject to hydrolysis) is 1. The largest absolute Gasteiger partial charge is 0.463 e. The summed E-state index contributed by atoms with van der Waals surface area (Å²) in [6.45, 7) is 9.27. The highest BCUT2D eigenvalue weighted by molar-refractivity contribution is 7.99. The molecule has 1 saturated heterocycles. The van der Waals surface area contributed by atoms with E-state index in [-0.39, 0.29) is 18.8 Å². The molecule has 42 heavy (non-hydrogen) atoms. The van der Waals surface area contributed by atoms with Crippen LogP contribution in [0.15, 0.2) is 5.11 Å². The second-order valence-corrected chi connectivity index (χ2v) is 11.4. The van der Waals surface area contributed by atoms with Crippen LogP contribution in [0.4, 0.5) is 4.79 Å². The third-order valence-electron chi connectivity index (χ3n) is 5.34. The average molecular weight is 619 g/mol. The molecule has 0 saturated carbocycles. The minimum absolute atomic E-state index is 0.0374. The molecule has 236 valence electrons. The molecule has 1 aliphatic rings. The number of carbonyl (C=O) groups excluding carboxylic acids is 6. The molecule has 0 aliphatic carbocycles. The maximum Gasteiger partial charge on any atom is 0.408 e. The summed E-state index contributed by atoms with van der Waals surface area (Å²) in [4.78, 5) is 74.8. The number of nitrogens with one attached hydrogen (secondary N) is 2. The molecule has 1 heterocycles. The molecule has 0 unspecified atom stereocenters. The second-order valence-electron chi connectivity index (χ2n) is 10.2. The van der Waals surface area contributed by atoms with Gasteiger partial charge < -0.3 is 40.1 Å². The van der Waals surface area contributed by atoms with E-state index < -0.39 is 83.3 Å². The summed E-state index contributed by atoms with van der Waals surface area (Å²) >= 11 is 1.02. The van der Waals surface area contributed by atoms with Gasteiger partial charge in [-0.1, -0.05) is 5.11 Å². The normalized spacial score (nSPS) is 23.2. The van der Waals surface area contributed by atoms with Crippen LogP contribution in [0.1, 0.15) is 54.9 Å². The molecular weight excluding hydrogens is 580 g/mol. The average Bonchev–Trinajstić information content (AvgIpc) is 2.83. The van der Waals surface area contributed by atoms with Gasteiger partial charge in [0.2, 0.25) is 11.8 Å². The monoisotopic (exact) mass is 618 g/mol. The minimum atomic E-state index is -1.32. The Morgan fingerprint density at radius 2 is 1.62 bits per heavy atom. The van der Waals surface area contributed by atoms with E-state index in [1.807, 2.05) is 0 Å². The van der Waals surface area contributed by atoms with Crippen molar-refractivity contribution in [1.82, 2.24) is 10.6 Å². The first-order valence-electron chi connectivity index (χ1n) is 12.8. The number of thioether (sulfide) groups is 1. The quantitative estimate of drug-likeness (QED) is 0.0853. The SMILES string of the molecule is CC(=O)OC[C@H]1O[C@@H](SCC[C@H](NC(=O)OC(C)(C)C)C(=O)N[C@@H](C)C(N)=O)[C@H](N=[N+]=[N-])[C@@H](OC(C)=O)[C@@H]1OC(C)=O. The molecule has 17 nitrogen and oxygen atoms in total. The summed E-state index contributed by atoms with van der Waals surface area (Å²) in [7, 11) is 0. The number of carbonyl (C=O) groups is 6. The smallest absolute Gasteiger partial charge is 0.408 e. The number of nitrogens with two attached hydrogens (primary N) is 1. The Morgan fingerprint density at radius 3 is 2.12 bits per heavy atom. The molecule has 0 aromatic carbocycles. The first kappa shape index (κ1) is 36.3. The molecule has 0 aromatic rings. The Bertz CT molecular complexity index is 1060. The summed E-state index contributed by atoms with van der Waals surface area (Å²) in [6, 6.07) is -3.44. The summed E-state index contributed by atoms with van der Waals surface area (Å²) in [5.74, 6) is -3.62. The van der Waals surface area contributed by atoms with Crippen molar-refractivity contribution in [1.29, 1.82) is 0 Å². The van der Waals surface area contributed by atoms with Gasteiger partial charge in [0.05, 0.1) is 0 Å². The Kier molecular flexibility index (Phi) is 14.4. The maximum atomic E-state index is 12.9. The number of hydrogen-bond acceptors (Lipinski definition) is 13. The number of amides is 3. The van der Waals surface area contributed by atoms with E-state index in [2.05, 4.69) is 20.7 Å². The van der Waals surface area contributed by atoms with Gasteiger partial charge in [-0.3, -0.25) is 24.0 Å². The molecule has 1 rings (SSSR count). The highest BCUT2D eigenvalue weighted by atomic mass is 32.2. The standard InChI is InChI=1S/C24H38N6O11S/c1-11(20(25)34)27-21(35)15(28-23(36)41-24(5,6)7)8-9-42-22-17(29-30-26)19(39-14(4)33)18(38-13(3)32)16(40-22)10-37-12(2)31/h11,15-19,22H,8-10H2,1-7H3,(H2,25,34)(H,27,35)(H,28,36)/t11-,15-,16+,17+,18+,19+,22-/m0/s1. The summed E-state index contributed by atoms with van der Waals surface area (Å²) < 4.78 is 26.9. The minimum Gasteiger partial charge on any atom is -0.463 e. The van der Waals surface area contributed by atoms with E-state index in [0.717, 1.165) is 32.5 Å². The number of rotatable bonds is 13. The van der Waals surface area contributed by atoms with Crippen LogP contribution in [0.5, 0.6) is 0 Å². The lowest BCUT2D eigenvalue weighted by Crippen LogP contribution is -2.60. The van der Waals surface area contributed by atoms with Gasteiger partial charge in [0.1, 0.15) is 41.9 Å². The van der Waals surface area contributed by atoms with Crippen LogP contribution >= 0.6 is 11.8 Å². The third kappa shape index (κ3) is 12.8. The predicted octanol–water partition coefficient (Wildman–Crippen LogP) is 0.823. The first-order valence-corrected chi connectivity index (χ1v) is 13.9. The predicted molar refractivity (Wildman–Crippen MR) is 146 cm³/mol. The molecular formula is C24H38N6O11S. The molecule has 0 aromatic heterocycles. The van der Waals surface area contributed by atoms with E-state index >= 15 is 0 Å². The van der Waals surface area contributed by atoms with Crippen molar-refractivity contribution in [3.05, 3.63) is 10.4 Å². The molecule has 1 aliphatic heterocycles. The van der Waals surface area contributed by atoms with Crippen LogP contribution < -0.4 is 16.4 Å². The van der Waals surface area contributed by atoms with Crippen molar-refractivity contribution >= 4 is 47.6 Å². The van der Waals surface area contributed by atoms with Gasteiger partial charge in [0.25, 0.3) is 0 Å². The van der Waals surface area contributed by atoms with Crippen molar-refractivity contribution in [2.45, 2.75) is 102 Å². The molecule has 4 N–H and O–H groups in total. The molecule has 0 bridgehead atoms. The lowest BCUT2D eigenvalue weighted by atomic mass is 9.98. The fourth-order valence-electron chi connectivity index (χ4n) is 3.61. The van der Waals surface area contributed by atoms with Gasteiger partial charge in [0.15, 0.2) is 12.2 Å². The number of azide groups is 1. The highest BCUT2D eigenvalue weighted by Crippen LogP contribution is 2.34. The van der Waals surface area contributed by atoms with Crippen LogP contribution in [-0.4, -0.2) is 95.6 Å². The van der Waals surface area contributed by atoms with Crippen LogP contribution in [0.2, 0.25) is 0 Å². The number of nitrogens with zero attached hydrogens (tertiary/aromatic N) is 3. The Hall–Kier alpha value is -3.76. The van der Waals surface area contributed by atoms with E-state index in [1.165, 1.54) is 6.92 Å². The summed E-state index contributed by atoms with van der Waals surface area (Å²) in [5, 5.41) is 8.56. The summed E-state index contributed by atoms with van der Waals surface area (Å²) in [6.07, 6.45) is -4.66. The first-order chi connectivity index (χ1) is 19.4. The Labute approximate surface area is 246 Å². The van der Waals surface area contributed by atoms with Crippen molar-refractivity contribution in [2.24, 2.45) is 10.8 Å². The lowest BCUT2D eigenvalue weighted by molar-refractivity contribution is -0.208. The fourth-order valence-corrected chi connectivity index (χ4v) is 4.84. The molecule has 0 spiro atoms. The van der Waals surface area contributed by atoms with Crippen LogP contribution in [0.3, 0.4) is 0 Å². The van der Waals surface area contributed by atoms with Crippen molar-refractivity contribution < 1.29 is 52.5 Å². The lowest BCUT2D eigenvalue weighted by Gasteiger charge is -2.43. The van der Waals surface area contributed by atoms with Gasteiger partial charge >= 0.3 is 24.0 Å². The highest BCUT2D eigenvalue weighted by Gasteiger charge is 2.50. The second kappa shape index (κ2) is 16.6. The molecule has 1 fully saturated rings. The van der Waals surface area contributed by atoms with Crippen molar-refractivity contribution in [3.63, 3.8) is 0 Å². The summed E-state index contributed by atoms with van der Waals surface area (Å²) in [5.41, 5.74) is 12.6. The van der Waals surface area contributed by atoms with Gasteiger partial charge in [0, 0.05) is 25.7 Å². The molecule has 3 amide bonds. The molecule has 0 radical (unpaired) electrons. The fraction of sp³-hybridized carbons (Fsp3) is 0.750. The zero-order chi connectivity index (χ0) is 32.2. The van der Waals surface area contributed by atoms with Gasteiger partial charge in [-0.2, -0.15) is 0 Å². The maximum absolute atomic E-state index is 12.9. The third-order valence-corrected chi connectivity index (χ3v) is 6.53. The zero-order valence-corrected chi connectivity index (χ0v) is 25.3. The van der Waals surface area contributed by atoms with E-state index in [4.69, 9.17) is 29.4 Å². The van der Waals surface area contributed by atoms with Gasteiger partial charge in [-0.25, -0.2) is 4.79 Å². The van der Waals surface area contributed by atoms with E-state index in [0.29, 0.717) is 0 Å². The van der Waals surface area contributed by atoms with Gasteiger partial charge in [-0.05, 0) is 45.4 Å². The number of ether oxygens (including phenoxy) is 5. The van der Waals surface area contributed by atoms with Crippen molar-refractivity contribution in [3.8, 4) is 0 Å². The Balaban J connectivity index is 3.24. The zero-order valence-electron chi connectivity index (χ0n) is 24.5. The molecule has 18 heteroatoms. The number of esters is 3. The van der Waals surface area contributed by atoms with E-state index in [1.54, 1.807) is 20.8 Å². The van der Waals surface area contributed by atoms with Crippen LogP contribution in [0.25, 0.3) is 10.4 Å². The number of hydrogen-bond donors (Lipinski definition) is 3. The Morgan fingerprint density at radius 1 is 1.02 bits per heavy atom. The molecule has 7 atom stereocenters. The van der Waals surface area contributed by atoms with Crippen LogP contribution in [0, 0.1) is 0 Å². The van der Waals surface area contributed by atoms with E-state index in [9.17, 15) is 34.3 Å².